The fourth-order valence-electron chi connectivity index (χ4n) is 2.51. The Morgan fingerprint density at radius 2 is 1.85 bits per heavy atom. The number of nitrogens with one attached hydrogen (secondary N) is 1. The molecule has 0 unspecified atom stereocenters. The third kappa shape index (κ3) is 1.95. The maximum atomic E-state index is 12.4. The number of aromatic nitrogens is 1. The first-order chi connectivity index (χ1) is 9.56. The standard InChI is InChI=1S/C16H13NO3/c1-9-12(8-15(18)19)16(20)13-6-10-4-2-3-5-11(10)7-14(13)17-9/h2-7H,8H2,1H3,(H,17,20)(H,18,19). The van der Waals surface area contributed by atoms with E-state index in [2.05, 4.69) is 4.98 Å². The summed E-state index contributed by atoms with van der Waals surface area (Å²) < 4.78 is 0. The lowest BCUT2D eigenvalue weighted by Gasteiger charge is -2.07. The summed E-state index contributed by atoms with van der Waals surface area (Å²) in [5, 5.41) is 11.5. The molecule has 0 aliphatic carbocycles. The van der Waals surface area contributed by atoms with Gasteiger partial charge in [-0.05, 0) is 29.8 Å². The molecule has 2 N–H and O–H groups in total. The van der Waals surface area contributed by atoms with Crippen molar-refractivity contribution in [2.45, 2.75) is 13.3 Å². The van der Waals surface area contributed by atoms with Gasteiger partial charge in [-0.25, -0.2) is 0 Å². The summed E-state index contributed by atoms with van der Waals surface area (Å²) in [6.45, 7) is 1.73. The largest absolute Gasteiger partial charge is 0.481 e. The molecule has 0 spiro atoms. The van der Waals surface area contributed by atoms with Crippen LogP contribution in [0, 0.1) is 6.92 Å². The molecule has 4 heteroatoms. The van der Waals surface area contributed by atoms with Gasteiger partial charge in [-0.1, -0.05) is 24.3 Å². The van der Waals surface area contributed by atoms with E-state index in [-0.39, 0.29) is 11.8 Å². The molecule has 0 saturated carbocycles. The molecule has 3 aromatic rings. The molecule has 0 fully saturated rings. The number of carboxylic acid groups (broad SMARTS) is 1. The quantitative estimate of drug-likeness (QED) is 0.701. The van der Waals surface area contributed by atoms with E-state index in [0.717, 1.165) is 16.3 Å². The Labute approximate surface area is 114 Å². The average molecular weight is 267 g/mol. The van der Waals surface area contributed by atoms with Gasteiger partial charge >= 0.3 is 5.97 Å². The number of aliphatic carboxylic acids is 1. The predicted octanol–water partition coefficient (Wildman–Crippen LogP) is 2.62. The number of H-pyrrole nitrogens is 1. The first-order valence-corrected chi connectivity index (χ1v) is 6.32. The molecule has 0 amide bonds. The molecular weight excluding hydrogens is 254 g/mol. The zero-order valence-corrected chi connectivity index (χ0v) is 10.9. The predicted molar refractivity (Wildman–Crippen MR) is 78.2 cm³/mol. The van der Waals surface area contributed by atoms with Crippen LogP contribution in [0.3, 0.4) is 0 Å². The van der Waals surface area contributed by atoms with E-state index >= 15 is 0 Å². The van der Waals surface area contributed by atoms with Gasteiger partial charge in [0.05, 0.1) is 11.9 Å². The summed E-state index contributed by atoms with van der Waals surface area (Å²) in [7, 11) is 0. The van der Waals surface area contributed by atoms with Gasteiger partial charge in [0.2, 0.25) is 0 Å². The van der Waals surface area contributed by atoms with Crippen LogP contribution >= 0.6 is 0 Å². The lowest BCUT2D eigenvalue weighted by Crippen LogP contribution is -2.17. The number of aromatic amines is 1. The first kappa shape index (κ1) is 12.4. The van der Waals surface area contributed by atoms with Crippen molar-refractivity contribution in [2.24, 2.45) is 0 Å². The zero-order valence-electron chi connectivity index (χ0n) is 10.9. The van der Waals surface area contributed by atoms with E-state index in [9.17, 15) is 9.59 Å². The van der Waals surface area contributed by atoms with Gasteiger partial charge in [0, 0.05) is 16.6 Å². The van der Waals surface area contributed by atoms with Crippen LogP contribution in [0.1, 0.15) is 11.3 Å². The van der Waals surface area contributed by atoms with E-state index in [1.165, 1.54) is 0 Å². The fraction of sp³-hybridized carbons (Fsp3) is 0.125. The second-order valence-electron chi connectivity index (χ2n) is 4.87. The van der Waals surface area contributed by atoms with Crippen LogP contribution in [-0.4, -0.2) is 16.1 Å². The number of hydrogen-bond donors (Lipinski definition) is 2. The van der Waals surface area contributed by atoms with Crippen molar-refractivity contribution in [1.82, 2.24) is 4.98 Å². The van der Waals surface area contributed by atoms with E-state index in [1.807, 2.05) is 36.4 Å². The summed E-state index contributed by atoms with van der Waals surface area (Å²) in [4.78, 5) is 26.4. The van der Waals surface area contributed by atoms with Crippen LogP contribution in [0.4, 0.5) is 0 Å². The van der Waals surface area contributed by atoms with Crippen LogP contribution in [0.2, 0.25) is 0 Å². The third-order valence-corrected chi connectivity index (χ3v) is 3.51. The van der Waals surface area contributed by atoms with E-state index in [4.69, 9.17) is 5.11 Å². The van der Waals surface area contributed by atoms with Crippen LogP contribution in [0.15, 0.2) is 41.2 Å². The van der Waals surface area contributed by atoms with Gasteiger partial charge < -0.3 is 10.1 Å². The molecule has 0 saturated heterocycles. The Balaban J connectivity index is 2.39. The van der Waals surface area contributed by atoms with Gasteiger partial charge in [-0.2, -0.15) is 0 Å². The lowest BCUT2D eigenvalue weighted by atomic mass is 10.0. The average Bonchev–Trinajstić information content (AvgIpc) is 2.41. The number of rotatable bonds is 2. The van der Waals surface area contributed by atoms with Gasteiger partial charge in [0.1, 0.15) is 0 Å². The highest BCUT2D eigenvalue weighted by atomic mass is 16.4. The molecule has 2 aromatic carbocycles. The molecule has 0 atom stereocenters. The highest BCUT2D eigenvalue weighted by Crippen LogP contribution is 2.20. The Morgan fingerprint density at radius 3 is 2.50 bits per heavy atom. The molecule has 4 nitrogen and oxygen atoms in total. The van der Waals surface area contributed by atoms with Gasteiger partial charge in [-0.3, -0.25) is 9.59 Å². The van der Waals surface area contributed by atoms with Crippen molar-refractivity contribution >= 4 is 27.6 Å². The molecule has 1 aromatic heterocycles. The molecule has 0 aliphatic heterocycles. The Bertz CT molecular complexity index is 893. The highest BCUT2D eigenvalue weighted by Gasteiger charge is 2.12. The van der Waals surface area contributed by atoms with E-state index < -0.39 is 5.97 Å². The first-order valence-electron chi connectivity index (χ1n) is 6.32. The van der Waals surface area contributed by atoms with Crippen molar-refractivity contribution in [3.63, 3.8) is 0 Å². The van der Waals surface area contributed by atoms with Crippen molar-refractivity contribution in [2.75, 3.05) is 0 Å². The van der Waals surface area contributed by atoms with Crippen molar-refractivity contribution in [1.29, 1.82) is 0 Å². The number of aryl methyl sites for hydroxylation is 1. The van der Waals surface area contributed by atoms with Crippen molar-refractivity contribution in [3.8, 4) is 0 Å². The minimum atomic E-state index is -1.00. The molecule has 1 heterocycles. The minimum Gasteiger partial charge on any atom is -0.481 e. The number of benzene rings is 2. The number of hydrogen-bond acceptors (Lipinski definition) is 2. The van der Waals surface area contributed by atoms with Crippen LogP contribution < -0.4 is 5.43 Å². The lowest BCUT2D eigenvalue weighted by molar-refractivity contribution is -0.136. The molecular formula is C16H13NO3. The number of carbonyl (C=O) groups is 1. The van der Waals surface area contributed by atoms with Gasteiger partial charge in [0.25, 0.3) is 0 Å². The fourth-order valence-corrected chi connectivity index (χ4v) is 2.51. The maximum absolute atomic E-state index is 12.4. The molecule has 20 heavy (non-hydrogen) atoms. The number of pyridine rings is 1. The normalized spacial score (nSPS) is 11.1. The topological polar surface area (TPSA) is 70.2 Å². The van der Waals surface area contributed by atoms with E-state index in [0.29, 0.717) is 16.6 Å². The molecule has 0 bridgehead atoms. The smallest absolute Gasteiger partial charge is 0.308 e. The molecule has 0 aliphatic rings. The summed E-state index contributed by atoms with van der Waals surface area (Å²) in [6, 6.07) is 11.5. The monoisotopic (exact) mass is 267 g/mol. The minimum absolute atomic E-state index is 0.204. The Morgan fingerprint density at radius 1 is 1.20 bits per heavy atom. The Hall–Kier alpha value is -2.62. The molecule has 0 radical (unpaired) electrons. The molecule has 3 rings (SSSR count). The second-order valence-corrected chi connectivity index (χ2v) is 4.87. The zero-order chi connectivity index (χ0) is 14.3. The number of fused-ring (bicyclic) bond motifs is 2. The van der Waals surface area contributed by atoms with Gasteiger partial charge in [-0.15, -0.1) is 0 Å². The van der Waals surface area contributed by atoms with Crippen LogP contribution in [-0.2, 0) is 11.2 Å². The van der Waals surface area contributed by atoms with E-state index in [1.54, 1.807) is 6.92 Å². The number of carboxylic acids is 1. The summed E-state index contributed by atoms with van der Waals surface area (Å²) in [5.74, 6) is -1.00. The summed E-state index contributed by atoms with van der Waals surface area (Å²) in [5.41, 5.74) is 1.46. The van der Waals surface area contributed by atoms with Crippen molar-refractivity contribution < 1.29 is 9.90 Å². The van der Waals surface area contributed by atoms with Crippen LogP contribution in [0.5, 0.6) is 0 Å². The SMILES string of the molecule is Cc1[nH]c2cc3ccccc3cc2c(=O)c1CC(=O)O. The highest BCUT2D eigenvalue weighted by molar-refractivity contribution is 5.96. The third-order valence-electron chi connectivity index (χ3n) is 3.51. The van der Waals surface area contributed by atoms with Crippen LogP contribution in [0.25, 0.3) is 21.7 Å². The van der Waals surface area contributed by atoms with Crippen molar-refractivity contribution in [3.05, 3.63) is 57.9 Å². The summed E-state index contributed by atoms with van der Waals surface area (Å²) >= 11 is 0. The van der Waals surface area contributed by atoms with Gasteiger partial charge in [0.15, 0.2) is 5.43 Å². The molecule has 100 valence electrons. The maximum Gasteiger partial charge on any atom is 0.308 e. The Kier molecular flexibility index (Phi) is 2.79. The summed E-state index contributed by atoms with van der Waals surface area (Å²) in [6.07, 6.45) is -0.260. The second kappa shape index (κ2) is 4.49.